The van der Waals surface area contributed by atoms with Gasteiger partial charge >= 0.3 is 0 Å². The van der Waals surface area contributed by atoms with Gasteiger partial charge in [-0.05, 0) is 24.3 Å². The SMILES string of the molecule is O=CNc1ccc(S(=O)c2cc(F)cc(F)c2)cn1. The van der Waals surface area contributed by atoms with Gasteiger partial charge < -0.3 is 5.32 Å². The summed E-state index contributed by atoms with van der Waals surface area (Å²) in [4.78, 5) is 14.3. The average Bonchev–Trinajstić information content (AvgIpc) is 2.38. The van der Waals surface area contributed by atoms with E-state index in [0.29, 0.717) is 18.3 Å². The van der Waals surface area contributed by atoms with Crippen LogP contribution in [0.1, 0.15) is 0 Å². The normalized spacial score (nSPS) is 11.9. The maximum atomic E-state index is 13.0. The minimum Gasteiger partial charge on any atom is -0.313 e. The highest BCUT2D eigenvalue weighted by molar-refractivity contribution is 7.85. The van der Waals surface area contributed by atoms with E-state index in [0.717, 1.165) is 12.1 Å². The van der Waals surface area contributed by atoms with Crippen LogP contribution in [0.15, 0.2) is 46.3 Å². The minimum absolute atomic E-state index is 0.00963. The molecule has 98 valence electrons. The predicted octanol–water partition coefficient (Wildman–Crippen LogP) is 2.09. The Hall–Kier alpha value is -2.15. The van der Waals surface area contributed by atoms with Crippen molar-refractivity contribution in [1.29, 1.82) is 0 Å². The summed E-state index contributed by atoms with van der Waals surface area (Å²) in [6, 6.07) is 5.60. The van der Waals surface area contributed by atoms with Crippen molar-refractivity contribution in [2.45, 2.75) is 9.79 Å². The summed E-state index contributed by atoms with van der Waals surface area (Å²) in [5, 5.41) is 2.32. The number of halogens is 2. The van der Waals surface area contributed by atoms with Crippen LogP contribution >= 0.6 is 0 Å². The zero-order valence-electron chi connectivity index (χ0n) is 9.47. The highest BCUT2D eigenvalue weighted by Gasteiger charge is 2.10. The smallest absolute Gasteiger partial charge is 0.212 e. The van der Waals surface area contributed by atoms with Gasteiger partial charge in [0.05, 0.1) is 15.7 Å². The molecule has 0 bridgehead atoms. The number of hydrogen-bond donors (Lipinski definition) is 1. The lowest BCUT2D eigenvalue weighted by Crippen LogP contribution is -1.99. The Morgan fingerprint density at radius 1 is 1.11 bits per heavy atom. The van der Waals surface area contributed by atoms with Crippen molar-refractivity contribution >= 4 is 23.0 Å². The molecule has 0 radical (unpaired) electrons. The number of pyridine rings is 1. The van der Waals surface area contributed by atoms with Crippen LogP contribution in [0.3, 0.4) is 0 Å². The number of carbonyl (C=O) groups is 1. The Morgan fingerprint density at radius 3 is 2.32 bits per heavy atom. The van der Waals surface area contributed by atoms with Crippen LogP contribution in [-0.4, -0.2) is 15.6 Å². The van der Waals surface area contributed by atoms with Gasteiger partial charge in [0.15, 0.2) is 0 Å². The molecule has 1 atom stereocenters. The van der Waals surface area contributed by atoms with Gasteiger partial charge in [-0.3, -0.25) is 4.79 Å². The number of rotatable bonds is 4. The van der Waals surface area contributed by atoms with Crippen molar-refractivity contribution in [2.24, 2.45) is 0 Å². The Morgan fingerprint density at radius 2 is 1.79 bits per heavy atom. The summed E-state index contributed by atoms with van der Waals surface area (Å²) in [6.45, 7) is 0. The number of benzene rings is 1. The van der Waals surface area contributed by atoms with Crippen LogP contribution < -0.4 is 5.32 Å². The molecule has 19 heavy (non-hydrogen) atoms. The molecule has 0 aliphatic heterocycles. The highest BCUT2D eigenvalue weighted by Crippen LogP contribution is 2.19. The monoisotopic (exact) mass is 282 g/mol. The second kappa shape index (κ2) is 5.66. The maximum Gasteiger partial charge on any atom is 0.212 e. The van der Waals surface area contributed by atoms with Crippen LogP contribution in [-0.2, 0) is 15.6 Å². The maximum absolute atomic E-state index is 13.0. The minimum atomic E-state index is -1.74. The van der Waals surface area contributed by atoms with Crippen molar-refractivity contribution in [3.05, 3.63) is 48.2 Å². The lowest BCUT2D eigenvalue weighted by Gasteiger charge is -2.04. The van der Waals surface area contributed by atoms with Crippen molar-refractivity contribution in [3.63, 3.8) is 0 Å². The van der Waals surface area contributed by atoms with E-state index in [1.165, 1.54) is 18.3 Å². The first-order chi connectivity index (χ1) is 9.10. The second-order valence-corrected chi connectivity index (χ2v) is 5.00. The summed E-state index contributed by atoms with van der Waals surface area (Å²) >= 11 is 0. The number of hydrogen-bond acceptors (Lipinski definition) is 3. The molecule has 0 spiro atoms. The fourth-order valence-electron chi connectivity index (χ4n) is 1.41. The lowest BCUT2D eigenvalue weighted by molar-refractivity contribution is -0.105. The molecule has 2 rings (SSSR count). The van der Waals surface area contributed by atoms with E-state index in [4.69, 9.17) is 0 Å². The number of carbonyl (C=O) groups excluding carboxylic acids is 1. The van der Waals surface area contributed by atoms with Gasteiger partial charge in [0.1, 0.15) is 17.5 Å². The molecule has 1 unspecified atom stereocenters. The zero-order valence-corrected chi connectivity index (χ0v) is 10.3. The van der Waals surface area contributed by atoms with Gasteiger partial charge in [0, 0.05) is 17.2 Å². The van der Waals surface area contributed by atoms with E-state index < -0.39 is 22.4 Å². The van der Waals surface area contributed by atoms with Crippen LogP contribution in [0.4, 0.5) is 14.6 Å². The van der Waals surface area contributed by atoms with E-state index >= 15 is 0 Å². The summed E-state index contributed by atoms with van der Waals surface area (Å²) in [5.41, 5.74) is 0. The first-order valence-electron chi connectivity index (χ1n) is 5.14. The van der Waals surface area contributed by atoms with Gasteiger partial charge in [-0.1, -0.05) is 0 Å². The van der Waals surface area contributed by atoms with Crippen molar-refractivity contribution < 1.29 is 17.8 Å². The summed E-state index contributed by atoms with van der Waals surface area (Å²) in [5.74, 6) is -1.30. The Bertz CT molecular complexity index is 612. The molecule has 1 heterocycles. The zero-order chi connectivity index (χ0) is 13.8. The van der Waals surface area contributed by atoms with Crippen LogP contribution in [0, 0.1) is 11.6 Å². The van der Waals surface area contributed by atoms with Gasteiger partial charge in [-0.25, -0.2) is 18.0 Å². The van der Waals surface area contributed by atoms with Crippen LogP contribution in [0.25, 0.3) is 0 Å². The van der Waals surface area contributed by atoms with Gasteiger partial charge in [-0.2, -0.15) is 0 Å². The third-order valence-corrected chi connectivity index (χ3v) is 3.54. The molecule has 0 fully saturated rings. The topological polar surface area (TPSA) is 59.1 Å². The quantitative estimate of drug-likeness (QED) is 0.874. The fourth-order valence-corrected chi connectivity index (χ4v) is 2.46. The molecule has 4 nitrogen and oxygen atoms in total. The van der Waals surface area contributed by atoms with E-state index in [1.807, 2.05) is 0 Å². The third-order valence-electron chi connectivity index (χ3n) is 2.21. The number of nitrogens with zero attached hydrogens (tertiary/aromatic N) is 1. The third kappa shape index (κ3) is 3.19. The summed E-state index contributed by atoms with van der Waals surface area (Å²) < 4.78 is 38.1. The predicted molar refractivity (Wildman–Crippen MR) is 65.0 cm³/mol. The molecule has 0 aliphatic rings. The standard InChI is InChI=1S/C12H8F2N2O2S/c13-8-3-9(14)5-11(4-8)19(18)10-1-2-12(15-6-10)16-7-17/h1-7H,(H,15,16,17). The van der Waals surface area contributed by atoms with Crippen molar-refractivity contribution in [2.75, 3.05) is 5.32 Å². The van der Waals surface area contributed by atoms with Crippen LogP contribution in [0.5, 0.6) is 0 Å². The van der Waals surface area contributed by atoms with E-state index in [-0.39, 0.29) is 9.79 Å². The highest BCUT2D eigenvalue weighted by atomic mass is 32.2. The number of amides is 1. The Balaban J connectivity index is 2.30. The van der Waals surface area contributed by atoms with Gasteiger partial charge in [0.2, 0.25) is 6.41 Å². The molecule has 0 saturated carbocycles. The number of nitrogens with one attached hydrogen (secondary N) is 1. The first kappa shape index (κ1) is 13.3. The Kier molecular flexibility index (Phi) is 3.96. The molecular weight excluding hydrogens is 274 g/mol. The Labute approximate surface area is 109 Å². The first-order valence-corrected chi connectivity index (χ1v) is 6.29. The van der Waals surface area contributed by atoms with E-state index in [1.54, 1.807) is 0 Å². The molecule has 2 aromatic rings. The van der Waals surface area contributed by atoms with Gasteiger partial charge in [-0.15, -0.1) is 0 Å². The van der Waals surface area contributed by atoms with E-state index in [2.05, 4.69) is 10.3 Å². The summed E-state index contributed by atoms with van der Waals surface area (Å²) in [6.07, 6.45) is 1.73. The van der Waals surface area contributed by atoms with Gasteiger partial charge in [0.25, 0.3) is 0 Å². The molecule has 0 aliphatic carbocycles. The molecule has 0 saturated heterocycles. The largest absolute Gasteiger partial charge is 0.313 e. The van der Waals surface area contributed by atoms with Crippen molar-refractivity contribution in [3.8, 4) is 0 Å². The average molecular weight is 282 g/mol. The number of anilines is 1. The molecule has 1 aromatic carbocycles. The van der Waals surface area contributed by atoms with Crippen molar-refractivity contribution in [1.82, 2.24) is 4.98 Å². The molecule has 1 aromatic heterocycles. The lowest BCUT2D eigenvalue weighted by atomic mass is 10.3. The molecule has 7 heteroatoms. The molecular formula is C12H8F2N2O2S. The van der Waals surface area contributed by atoms with Crippen LogP contribution in [0.2, 0.25) is 0 Å². The van der Waals surface area contributed by atoms with E-state index in [9.17, 15) is 17.8 Å². The molecule has 1 amide bonds. The molecule has 1 N–H and O–H groups in total. The number of aromatic nitrogens is 1. The second-order valence-electron chi connectivity index (χ2n) is 3.52. The summed E-state index contributed by atoms with van der Waals surface area (Å²) in [7, 11) is -1.74. The fraction of sp³-hybridized carbons (Fsp3) is 0.